The van der Waals surface area contributed by atoms with Crippen LogP contribution in [0.15, 0.2) is 18.2 Å². The van der Waals surface area contributed by atoms with Gasteiger partial charge in [0.1, 0.15) is 0 Å². The van der Waals surface area contributed by atoms with Gasteiger partial charge in [0.05, 0.1) is 11.5 Å². The van der Waals surface area contributed by atoms with Crippen molar-refractivity contribution >= 4 is 15.7 Å². The lowest BCUT2D eigenvalue weighted by molar-refractivity contribution is 0.0940. The molecule has 1 saturated heterocycles. The first-order valence-electron chi connectivity index (χ1n) is 7.21. The summed E-state index contributed by atoms with van der Waals surface area (Å²) in [5.41, 5.74) is 2.60. The van der Waals surface area contributed by atoms with Gasteiger partial charge < -0.3 is 5.32 Å². The number of nitrogens with one attached hydrogen (secondary N) is 1. The smallest absolute Gasteiger partial charge is 0.251 e. The SMILES string of the molecule is Cc1ccc(C(C)(C)C)cc1C(=O)NC1CCS(=O)(=O)C1. The molecule has 4 nitrogen and oxygen atoms in total. The standard InChI is InChI=1S/C16H23NO3S/c1-11-5-6-12(16(2,3)4)9-14(11)15(18)17-13-7-8-21(19,20)10-13/h5-6,9,13H,7-8,10H2,1-4H3,(H,17,18). The lowest BCUT2D eigenvalue weighted by atomic mass is 9.85. The van der Waals surface area contributed by atoms with E-state index in [1.54, 1.807) is 0 Å². The molecule has 1 fully saturated rings. The van der Waals surface area contributed by atoms with Crippen molar-refractivity contribution in [3.05, 3.63) is 34.9 Å². The van der Waals surface area contributed by atoms with Crippen LogP contribution in [0.3, 0.4) is 0 Å². The lowest BCUT2D eigenvalue weighted by Gasteiger charge is -2.21. The van der Waals surface area contributed by atoms with Gasteiger partial charge in [-0.15, -0.1) is 0 Å². The molecule has 1 amide bonds. The molecule has 116 valence electrons. The Kier molecular flexibility index (Phi) is 4.15. The van der Waals surface area contributed by atoms with E-state index in [1.807, 2.05) is 25.1 Å². The zero-order valence-electron chi connectivity index (χ0n) is 13.1. The van der Waals surface area contributed by atoms with Crippen LogP contribution in [0.4, 0.5) is 0 Å². The number of aryl methyl sites for hydroxylation is 1. The molecule has 21 heavy (non-hydrogen) atoms. The molecular weight excluding hydrogens is 286 g/mol. The minimum atomic E-state index is -2.98. The molecule has 1 heterocycles. The topological polar surface area (TPSA) is 63.2 Å². The summed E-state index contributed by atoms with van der Waals surface area (Å²) < 4.78 is 22.9. The molecule has 1 atom stereocenters. The van der Waals surface area contributed by atoms with Crippen LogP contribution in [0.2, 0.25) is 0 Å². The van der Waals surface area contributed by atoms with Gasteiger partial charge in [0, 0.05) is 11.6 Å². The highest BCUT2D eigenvalue weighted by molar-refractivity contribution is 7.91. The van der Waals surface area contributed by atoms with Gasteiger partial charge in [0.2, 0.25) is 0 Å². The Morgan fingerprint density at radius 1 is 1.29 bits per heavy atom. The van der Waals surface area contributed by atoms with E-state index in [2.05, 4.69) is 26.1 Å². The summed E-state index contributed by atoms with van der Waals surface area (Å²) in [4.78, 5) is 12.4. The fraction of sp³-hybridized carbons (Fsp3) is 0.562. The van der Waals surface area contributed by atoms with Gasteiger partial charge in [-0.1, -0.05) is 32.9 Å². The van der Waals surface area contributed by atoms with E-state index < -0.39 is 9.84 Å². The number of hydrogen-bond acceptors (Lipinski definition) is 3. The molecule has 0 bridgehead atoms. The van der Waals surface area contributed by atoms with Crippen molar-refractivity contribution in [2.24, 2.45) is 0 Å². The minimum Gasteiger partial charge on any atom is -0.348 e. The average molecular weight is 309 g/mol. The Morgan fingerprint density at radius 2 is 1.95 bits per heavy atom. The summed E-state index contributed by atoms with van der Waals surface area (Å²) in [6.45, 7) is 8.20. The monoisotopic (exact) mass is 309 g/mol. The van der Waals surface area contributed by atoms with Gasteiger partial charge in [-0.2, -0.15) is 0 Å². The molecule has 1 N–H and O–H groups in total. The molecule has 1 aromatic rings. The van der Waals surface area contributed by atoms with Crippen molar-refractivity contribution in [1.29, 1.82) is 0 Å². The summed E-state index contributed by atoms with van der Waals surface area (Å²) >= 11 is 0. The first kappa shape index (κ1) is 16.0. The number of benzene rings is 1. The number of carbonyl (C=O) groups is 1. The van der Waals surface area contributed by atoms with Crippen LogP contribution in [0, 0.1) is 6.92 Å². The average Bonchev–Trinajstić information content (AvgIpc) is 2.67. The molecule has 1 aliphatic rings. The van der Waals surface area contributed by atoms with Gasteiger partial charge in [-0.3, -0.25) is 4.79 Å². The number of hydrogen-bond donors (Lipinski definition) is 1. The maximum absolute atomic E-state index is 12.4. The molecule has 1 aromatic carbocycles. The van der Waals surface area contributed by atoms with Crippen molar-refractivity contribution in [1.82, 2.24) is 5.32 Å². The van der Waals surface area contributed by atoms with Crippen molar-refractivity contribution in [3.8, 4) is 0 Å². The predicted molar refractivity (Wildman–Crippen MR) is 84.4 cm³/mol. The Bertz CT molecular complexity index is 657. The first-order valence-corrected chi connectivity index (χ1v) is 9.03. The van der Waals surface area contributed by atoms with E-state index in [4.69, 9.17) is 0 Å². The molecule has 0 spiro atoms. The van der Waals surface area contributed by atoms with Gasteiger partial charge in [-0.25, -0.2) is 8.42 Å². The second-order valence-corrected chi connectivity index (χ2v) is 9.08. The van der Waals surface area contributed by atoms with E-state index in [1.165, 1.54) is 0 Å². The normalized spacial score (nSPS) is 21.2. The fourth-order valence-electron chi connectivity index (χ4n) is 2.51. The quantitative estimate of drug-likeness (QED) is 0.911. The van der Waals surface area contributed by atoms with E-state index >= 15 is 0 Å². The van der Waals surface area contributed by atoms with Gasteiger partial charge in [0.25, 0.3) is 5.91 Å². The van der Waals surface area contributed by atoms with E-state index in [0.29, 0.717) is 12.0 Å². The minimum absolute atomic E-state index is 0.0283. The van der Waals surface area contributed by atoms with Crippen LogP contribution in [-0.4, -0.2) is 31.9 Å². The second-order valence-electron chi connectivity index (χ2n) is 6.85. The van der Waals surface area contributed by atoms with Crippen molar-refractivity contribution in [2.45, 2.75) is 45.6 Å². The zero-order valence-corrected chi connectivity index (χ0v) is 13.9. The highest BCUT2D eigenvalue weighted by Crippen LogP contribution is 2.24. The molecule has 0 aliphatic carbocycles. The molecule has 1 aliphatic heterocycles. The third-order valence-corrected chi connectivity index (χ3v) is 5.68. The molecule has 5 heteroatoms. The van der Waals surface area contributed by atoms with Crippen molar-refractivity contribution in [2.75, 3.05) is 11.5 Å². The molecule has 0 radical (unpaired) electrons. The summed E-state index contributed by atoms with van der Waals surface area (Å²) in [5.74, 6) is 0.0381. The van der Waals surface area contributed by atoms with Crippen LogP contribution in [-0.2, 0) is 15.3 Å². The second kappa shape index (κ2) is 5.44. The lowest BCUT2D eigenvalue weighted by Crippen LogP contribution is -2.36. The Hall–Kier alpha value is -1.36. The Balaban J connectivity index is 2.19. The maximum Gasteiger partial charge on any atom is 0.251 e. The molecule has 0 saturated carbocycles. The summed E-state index contributed by atoms with van der Waals surface area (Å²) in [5, 5.41) is 2.85. The van der Waals surface area contributed by atoms with Gasteiger partial charge in [-0.05, 0) is 36.0 Å². The largest absolute Gasteiger partial charge is 0.348 e. The van der Waals surface area contributed by atoms with Crippen molar-refractivity contribution < 1.29 is 13.2 Å². The summed E-state index contributed by atoms with van der Waals surface area (Å²) in [6, 6.07) is 5.63. The first-order chi connectivity index (χ1) is 9.58. The van der Waals surface area contributed by atoms with Gasteiger partial charge >= 0.3 is 0 Å². The van der Waals surface area contributed by atoms with Crippen LogP contribution >= 0.6 is 0 Å². The van der Waals surface area contributed by atoms with E-state index in [0.717, 1.165) is 11.1 Å². The number of carbonyl (C=O) groups excluding carboxylic acids is 1. The highest BCUT2D eigenvalue weighted by atomic mass is 32.2. The van der Waals surface area contributed by atoms with Crippen LogP contribution < -0.4 is 5.32 Å². The number of sulfone groups is 1. The maximum atomic E-state index is 12.4. The Labute approximate surface area is 126 Å². The van der Waals surface area contributed by atoms with Crippen LogP contribution in [0.25, 0.3) is 0 Å². The van der Waals surface area contributed by atoms with E-state index in [9.17, 15) is 13.2 Å². The molecular formula is C16H23NO3S. The van der Waals surface area contributed by atoms with Crippen LogP contribution in [0.1, 0.15) is 48.7 Å². The fourth-order valence-corrected chi connectivity index (χ4v) is 4.18. The highest BCUT2D eigenvalue weighted by Gasteiger charge is 2.29. The predicted octanol–water partition coefficient (Wildman–Crippen LogP) is 2.21. The molecule has 2 rings (SSSR count). The van der Waals surface area contributed by atoms with E-state index in [-0.39, 0.29) is 28.9 Å². The summed E-state index contributed by atoms with van der Waals surface area (Å²) in [7, 11) is -2.98. The third kappa shape index (κ3) is 3.84. The Morgan fingerprint density at radius 3 is 2.48 bits per heavy atom. The molecule has 1 unspecified atom stereocenters. The zero-order chi connectivity index (χ0) is 15.8. The number of rotatable bonds is 2. The van der Waals surface area contributed by atoms with Gasteiger partial charge in [0.15, 0.2) is 9.84 Å². The molecule has 0 aromatic heterocycles. The summed E-state index contributed by atoms with van der Waals surface area (Å²) in [6.07, 6.45) is 0.506. The third-order valence-electron chi connectivity index (χ3n) is 3.92. The number of amides is 1. The van der Waals surface area contributed by atoms with Crippen molar-refractivity contribution in [3.63, 3.8) is 0 Å². The van der Waals surface area contributed by atoms with Crippen LogP contribution in [0.5, 0.6) is 0 Å².